The number of hydrogen-bond donors (Lipinski definition) is 0. The second-order valence-electron chi connectivity index (χ2n) is 5.97. The van der Waals surface area contributed by atoms with E-state index in [2.05, 4.69) is 22.5 Å². The van der Waals surface area contributed by atoms with Gasteiger partial charge in [0.15, 0.2) is 0 Å². The van der Waals surface area contributed by atoms with Crippen LogP contribution in [0.4, 0.5) is 0 Å². The first kappa shape index (κ1) is 24.1. The van der Waals surface area contributed by atoms with Crippen LogP contribution in [0.15, 0.2) is 12.2 Å². The summed E-state index contributed by atoms with van der Waals surface area (Å²) in [5, 5.41) is 0.486. The van der Waals surface area contributed by atoms with Crippen LogP contribution in [-0.2, 0) is 38.1 Å². The molecule has 0 bridgehead atoms. The third-order valence-corrected chi connectivity index (χ3v) is 4.09. The average molecular weight is 437 g/mol. The van der Waals surface area contributed by atoms with Crippen molar-refractivity contribution in [2.75, 3.05) is 25.2 Å². The Morgan fingerprint density at radius 3 is 1.85 bits per heavy atom. The lowest BCUT2D eigenvalue weighted by molar-refractivity contribution is -0.158. The zero-order chi connectivity index (χ0) is 20.2. The van der Waals surface area contributed by atoms with Crippen LogP contribution in [0, 0.1) is 0 Å². The van der Waals surface area contributed by atoms with Crippen LogP contribution in [0.25, 0.3) is 0 Å². The van der Waals surface area contributed by atoms with Crippen LogP contribution in [-0.4, -0.2) is 54.6 Å². The summed E-state index contributed by atoms with van der Waals surface area (Å²) in [6.07, 6.45) is -0.415. The van der Waals surface area contributed by atoms with E-state index in [0.29, 0.717) is 5.33 Å². The highest BCUT2D eigenvalue weighted by atomic mass is 79.9. The molecule has 0 saturated carbocycles. The normalized spacial score (nSPS) is 10.6. The summed E-state index contributed by atoms with van der Waals surface area (Å²) in [7, 11) is 0. The highest BCUT2D eigenvalue weighted by Gasteiger charge is 2.21. The van der Waals surface area contributed by atoms with Crippen LogP contribution in [0.5, 0.6) is 0 Å². The van der Waals surface area contributed by atoms with Crippen molar-refractivity contribution in [2.45, 2.75) is 45.6 Å². The van der Waals surface area contributed by atoms with E-state index in [9.17, 15) is 19.2 Å². The fraction of sp³-hybridized carbons (Fsp3) is 0.647. The van der Waals surface area contributed by atoms with Gasteiger partial charge in [-0.15, -0.1) is 0 Å². The van der Waals surface area contributed by atoms with Crippen LogP contribution in [0.3, 0.4) is 0 Å². The number of carbonyl (C=O) groups is 4. The molecule has 0 aliphatic heterocycles. The summed E-state index contributed by atoms with van der Waals surface area (Å²) < 4.78 is 19.6. The number of carbonyl (C=O) groups excluding carboxylic acids is 4. The number of hydrogen-bond acceptors (Lipinski definition) is 8. The van der Waals surface area contributed by atoms with Crippen molar-refractivity contribution in [3.63, 3.8) is 0 Å². The van der Waals surface area contributed by atoms with Crippen LogP contribution >= 0.6 is 15.9 Å². The van der Waals surface area contributed by atoms with Crippen LogP contribution in [0.1, 0.15) is 40.0 Å². The third-order valence-electron chi connectivity index (χ3n) is 2.74. The van der Waals surface area contributed by atoms with E-state index in [1.165, 1.54) is 6.92 Å². The number of ether oxygens (including phenoxy) is 4. The standard InChI is InChI=1S/C17H25BrO8/c1-12(2)16(22)25-10-9-24-14(20)6-5-13(19)23-8-7-15(21)26-17(3,4)11-18/h1,5-11H2,2-4H3. The molecule has 0 fully saturated rings. The molecule has 0 rings (SSSR count). The van der Waals surface area contributed by atoms with Gasteiger partial charge in [0, 0.05) is 10.9 Å². The van der Waals surface area contributed by atoms with Crippen molar-refractivity contribution in [3.8, 4) is 0 Å². The zero-order valence-corrected chi connectivity index (χ0v) is 16.9. The van der Waals surface area contributed by atoms with Crippen molar-refractivity contribution in [1.29, 1.82) is 0 Å². The van der Waals surface area contributed by atoms with E-state index in [1.54, 1.807) is 13.8 Å². The minimum absolute atomic E-state index is 0.0687. The molecule has 0 aromatic heterocycles. The Morgan fingerprint density at radius 1 is 0.846 bits per heavy atom. The van der Waals surface area contributed by atoms with Gasteiger partial charge in [0.1, 0.15) is 25.4 Å². The molecule has 9 heteroatoms. The predicted octanol–water partition coefficient (Wildman–Crippen LogP) is 2.08. The maximum Gasteiger partial charge on any atom is 0.333 e. The Hall–Kier alpha value is -1.90. The zero-order valence-electron chi connectivity index (χ0n) is 15.3. The molecule has 26 heavy (non-hydrogen) atoms. The fourth-order valence-electron chi connectivity index (χ4n) is 1.40. The molecule has 0 spiro atoms. The SMILES string of the molecule is C=C(C)C(=O)OCCOC(=O)CCC(=O)OCCC(=O)OC(C)(C)CBr. The van der Waals surface area contributed by atoms with E-state index in [1.807, 2.05) is 0 Å². The first-order valence-corrected chi connectivity index (χ1v) is 9.11. The summed E-state index contributed by atoms with van der Waals surface area (Å²) in [4.78, 5) is 45.6. The lowest BCUT2D eigenvalue weighted by Gasteiger charge is -2.22. The molecule has 0 aromatic rings. The summed E-state index contributed by atoms with van der Waals surface area (Å²) in [6.45, 7) is 8.09. The molecule has 0 atom stereocenters. The van der Waals surface area contributed by atoms with Gasteiger partial charge >= 0.3 is 23.9 Å². The number of rotatable bonds is 12. The molecule has 8 nitrogen and oxygen atoms in total. The van der Waals surface area contributed by atoms with Crippen molar-refractivity contribution in [2.24, 2.45) is 0 Å². The predicted molar refractivity (Wildman–Crippen MR) is 95.5 cm³/mol. The van der Waals surface area contributed by atoms with E-state index >= 15 is 0 Å². The monoisotopic (exact) mass is 436 g/mol. The largest absolute Gasteiger partial charge is 0.465 e. The maximum atomic E-state index is 11.6. The van der Waals surface area contributed by atoms with Gasteiger partial charge in [0.25, 0.3) is 0 Å². The molecule has 148 valence electrons. The Bertz CT molecular complexity index is 527. The van der Waals surface area contributed by atoms with Gasteiger partial charge in [-0.05, 0) is 20.8 Å². The summed E-state index contributed by atoms with van der Waals surface area (Å²) >= 11 is 3.23. The highest BCUT2D eigenvalue weighted by molar-refractivity contribution is 9.09. The van der Waals surface area contributed by atoms with Gasteiger partial charge in [0.05, 0.1) is 19.3 Å². The van der Waals surface area contributed by atoms with E-state index in [4.69, 9.17) is 18.9 Å². The Labute approximate surface area is 161 Å². The van der Waals surface area contributed by atoms with E-state index in [0.717, 1.165) is 0 Å². The smallest absolute Gasteiger partial charge is 0.333 e. The van der Waals surface area contributed by atoms with Gasteiger partial charge in [-0.1, -0.05) is 22.5 Å². The van der Waals surface area contributed by atoms with Gasteiger partial charge < -0.3 is 18.9 Å². The maximum absolute atomic E-state index is 11.6. The van der Waals surface area contributed by atoms with E-state index < -0.39 is 29.5 Å². The van der Waals surface area contributed by atoms with E-state index in [-0.39, 0.29) is 44.7 Å². The van der Waals surface area contributed by atoms with Crippen molar-refractivity contribution < 1.29 is 38.1 Å². The molecule has 0 amide bonds. The van der Waals surface area contributed by atoms with Crippen molar-refractivity contribution >= 4 is 39.8 Å². The summed E-state index contributed by atoms with van der Waals surface area (Å²) in [5.41, 5.74) is -0.387. The lowest BCUT2D eigenvalue weighted by Crippen LogP contribution is -2.30. The third kappa shape index (κ3) is 12.5. The fourth-order valence-corrected chi connectivity index (χ4v) is 1.51. The molecule has 0 aliphatic carbocycles. The van der Waals surface area contributed by atoms with Gasteiger partial charge in [-0.3, -0.25) is 14.4 Å². The first-order valence-electron chi connectivity index (χ1n) is 7.99. The Balaban J connectivity index is 3.78. The Morgan fingerprint density at radius 2 is 1.35 bits per heavy atom. The molecule has 0 heterocycles. The van der Waals surface area contributed by atoms with Crippen molar-refractivity contribution in [3.05, 3.63) is 12.2 Å². The Kier molecular flexibility index (Phi) is 11.5. The first-order chi connectivity index (χ1) is 12.1. The molecular formula is C17H25BrO8. The molecule has 0 unspecified atom stereocenters. The summed E-state index contributed by atoms with van der Waals surface area (Å²) in [5.74, 6) is -2.29. The average Bonchev–Trinajstić information content (AvgIpc) is 2.56. The highest BCUT2D eigenvalue weighted by Crippen LogP contribution is 2.13. The molecule has 0 aromatic carbocycles. The molecule has 0 N–H and O–H groups in total. The topological polar surface area (TPSA) is 105 Å². The molecular weight excluding hydrogens is 412 g/mol. The minimum Gasteiger partial charge on any atom is -0.465 e. The second-order valence-corrected chi connectivity index (χ2v) is 6.54. The number of esters is 4. The van der Waals surface area contributed by atoms with Gasteiger partial charge in [-0.2, -0.15) is 0 Å². The summed E-state index contributed by atoms with van der Waals surface area (Å²) in [6, 6.07) is 0. The van der Waals surface area contributed by atoms with Gasteiger partial charge in [0.2, 0.25) is 0 Å². The second kappa shape index (κ2) is 12.5. The van der Waals surface area contributed by atoms with Crippen LogP contribution < -0.4 is 0 Å². The van der Waals surface area contributed by atoms with Crippen molar-refractivity contribution in [1.82, 2.24) is 0 Å². The molecule has 0 radical (unpaired) electrons. The lowest BCUT2D eigenvalue weighted by atomic mass is 10.2. The molecule has 0 saturated heterocycles. The molecule has 0 aliphatic rings. The quantitative estimate of drug-likeness (QED) is 0.150. The van der Waals surface area contributed by atoms with Crippen LogP contribution in [0.2, 0.25) is 0 Å². The van der Waals surface area contributed by atoms with Gasteiger partial charge in [-0.25, -0.2) is 4.79 Å². The minimum atomic E-state index is -0.635. The number of halogens is 1. The number of alkyl halides is 1.